The van der Waals surface area contributed by atoms with E-state index >= 15 is 0 Å². The molecule has 0 saturated carbocycles. The summed E-state index contributed by atoms with van der Waals surface area (Å²) in [5.41, 5.74) is 0.664. The zero-order valence-corrected chi connectivity index (χ0v) is 15.5. The Balaban J connectivity index is 1.62. The van der Waals surface area contributed by atoms with E-state index in [9.17, 15) is 4.79 Å². The second kappa shape index (κ2) is 7.76. The molecule has 0 unspecified atom stereocenters. The lowest BCUT2D eigenvalue weighted by atomic mass is 10.3. The number of carbonyl (C=O) groups excluding carboxylic acids is 1. The van der Waals surface area contributed by atoms with Crippen LogP contribution >= 0.6 is 23.2 Å². The lowest BCUT2D eigenvalue weighted by molar-refractivity contribution is -0.118. The zero-order valence-electron chi connectivity index (χ0n) is 13.9. The maximum absolute atomic E-state index is 12.0. The maximum Gasteiger partial charge on any atom is 0.322 e. The fourth-order valence-electron chi connectivity index (χ4n) is 2.16. The highest BCUT2D eigenvalue weighted by Crippen LogP contribution is 2.27. The zero-order chi connectivity index (χ0) is 18.7. The molecule has 0 aliphatic heterocycles. The average Bonchev–Trinajstić information content (AvgIpc) is 3.22. The van der Waals surface area contributed by atoms with Gasteiger partial charge in [-0.05, 0) is 38.1 Å². The van der Waals surface area contributed by atoms with Gasteiger partial charge >= 0.3 is 6.01 Å². The van der Waals surface area contributed by atoms with Gasteiger partial charge in [0.2, 0.25) is 0 Å². The molecule has 3 aromatic rings. The number of halogens is 2. The van der Waals surface area contributed by atoms with Crippen LogP contribution in [0, 0.1) is 0 Å². The Kier molecular flexibility index (Phi) is 5.43. The van der Waals surface area contributed by atoms with Crippen molar-refractivity contribution in [3.05, 3.63) is 40.5 Å². The molecule has 0 saturated heterocycles. The van der Waals surface area contributed by atoms with Gasteiger partial charge in [0.15, 0.2) is 6.61 Å². The summed E-state index contributed by atoms with van der Waals surface area (Å²) in [5, 5.41) is 15.2. The van der Waals surface area contributed by atoms with Crippen molar-refractivity contribution in [3.8, 4) is 17.3 Å². The molecule has 10 heteroatoms. The first-order valence-electron chi connectivity index (χ1n) is 7.69. The SMILES string of the molecule is CC(C)n1nccc1-c1nnc(NC(=O)COc2ccc(Cl)cc2Cl)o1. The minimum atomic E-state index is -0.469. The highest BCUT2D eigenvalue weighted by molar-refractivity contribution is 6.35. The number of amides is 1. The molecular weight excluding hydrogens is 381 g/mol. The minimum absolute atomic E-state index is 0.0349. The highest BCUT2D eigenvalue weighted by Gasteiger charge is 2.16. The predicted molar refractivity (Wildman–Crippen MR) is 96.5 cm³/mol. The minimum Gasteiger partial charge on any atom is -0.482 e. The monoisotopic (exact) mass is 395 g/mol. The second-order valence-electron chi connectivity index (χ2n) is 5.58. The molecule has 26 heavy (non-hydrogen) atoms. The first-order valence-corrected chi connectivity index (χ1v) is 8.44. The lowest BCUT2D eigenvalue weighted by Crippen LogP contribution is -2.20. The van der Waals surface area contributed by atoms with Crippen LogP contribution in [0.3, 0.4) is 0 Å². The molecule has 2 aromatic heterocycles. The fraction of sp³-hybridized carbons (Fsp3) is 0.250. The third-order valence-electron chi connectivity index (χ3n) is 3.30. The molecule has 0 spiro atoms. The molecule has 0 fully saturated rings. The van der Waals surface area contributed by atoms with Crippen molar-refractivity contribution < 1.29 is 13.9 Å². The number of benzene rings is 1. The van der Waals surface area contributed by atoms with Crippen molar-refractivity contribution in [3.63, 3.8) is 0 Å². The molecule has 1 N–H and O–H groups in total. The number of anilines is 1. The van der Waals surface area contributed by atoms with E-state index in [4.69, 9.17) is 32.4 Å². The molecule has 1 amide bonds. The van der Waals surface area contributed by atoms with E-state index in [2.05, 4.69) is 20.6 Å². The molecule has 1 aromatic carbocycles. The van der Waals surface area contributed by atoms with Crippen LogP contribution in [-0.2, 0) is 4.79 Å². The average molecular weight is 396 g/mol. The smallest absolute Gasteiger partial charge is 0.322 e. The summed E-state index contributed by atoms with van der Waals surface area (Å²) >= 11 is 11.8. The first-order chi connectivity index (χ1) is 12.4. The Labute approximate surface area is 159 Å². The third-order valence-corrected chi connectivity index (χ3v) is 3.83. The maximum atomic E-state index is 12.0. The summed E-state index contributed by atoms with van der Waals surface area (Å²) in [6.07, 6.45) is 1.64. The van der Waals surface area contributed by atoms with Gasteiger partial charge in [0, 0.05) is 17.3 Å². The van der Waals surface area contributed by atoms with Crippen LogP contribution in [-0.4, -0.2) is 32.5 Å². The van der Waals surface area contributed by atoms with Crippen molar-refractivity contribution in [2.75, 3.05) is 11.9 Å². The van der Waals surface area contributed by atoms with Crippen LogP contribution in [0.15, 0.2) is 34.9 Å². The number of rotatable bonds is 6. The topological polar surface area (TPSA) is 95.1 Å². The van der Waals surface area contributed by atoms with E-state index < -0.39 is 5.91 Å². The molecule has 8 nitrogen and oxygen atoms in total. The summed E-state index contributed by atoms with van der Waals surface area (Å²) in [4.78, 5) is 12.0. The molecule has 0 bridgehead atoms. The number of nitrogens with zero attached hydrogens (tertiary/aromatic N) is 4. The Morgan fingerprint density at radius 2 is 2.12 bits per heavy atom. The quantitative estimate of drug-likeness (QED) is 0.680. The summed E-state index contributed by atoms with van der Waals surface area (Å²) < 4.78 is 12.6. The standard InChI is InChI=1S/C16H15Cl2N5O3/c1-9(2)23-12(5-6-19-23)15-21-22-16(26-15)20-14(24)8-25-13-4-3-10(17)7-11(13)18/h3-7,9H,8H2,1-2H3,(H,20,22,24). The number of carbonyl (C=O) groups is 1. The van der Waals surface area contributed by atoms with Gasteiger partial charge in [-0.25, -0.2) is 0 Å². The van der Waals surface area contributed by atoms with E-state index in [1.807, 2.05) is 13.8 Å². The third kappa shape index (κ3) is 4.14. The van der Waals surface area contributed by atoms with Crippen molar-refractivity contribution in [1.29, 1.82) is 0 Å². The Hall–Kier alpha value is -2.58. The second-order valence-corrected chi connectivity index (χ2v) is 6.42. The molecule has 0 atom stereocenters. The number of ether oxygens (including phenoxy) is 1. The Bertz CT molecular complexity index is 922. The lowest BCUT2D eigenvalue weighted by Gasteiger charge is -2.08. The van der Waals surface area contributed by atoms with Gasteiger partial charge in [-0.1, -0.05) is 28.3 Å². The number of hydrogen-bond donors (Lipinski definition) is 1. The summed E-state index contributed by atoms with van der Waals surface area (Å²) in [6, 6.07) is 6.57. The van der Waals surface area contributed by atoms with Crippen molar-refractivity contribution in [2.24, 2.45) is 0 Å². The molecule has 3 rings (SSSR count). The van der Waals surface area contributed by atoms with Crippen molar-refractivity contribution in [1.82, 2.24) is 20.0 Å². The van der Waals surface area contributed by atoms with Gasteiger partial charge in [0.1, 0.15) is 11.4 Å². The van der Waals surface area contributed by atoms with Gasteiger partial charge in [0.25, 0.3) is 11.8 Å². The first kappa shape index (κ1) is 18.2. The Morgan fingerprint density at radius 3 is 2.85 bits per heavy atom. The van der Waals surface area contributed by atoms with E-state index in [0.29, 0.717) is 21.5 Å². The van der Waals surface area contributed by atoms with E-state index in [1.54, 1.807) is 29.1 Å². The van der Waals surface area contributed by atoms with E-state index in [0.717, 1.165) is 0 Å². The number of hydrogen-bond acceptors (Lipinski definition) is 6. The van der Waals surface area contributed by atoms with Crippen LogP contribution in [0.4, 0.5) is 6.01 Å². The predicted octanol–water partition coefficient (Wildman–Crippen LogP) is 3.84. The Morgan fingerprint density at radius 1 is 1.31 bits per heavy atom. The van der Waals surface area contributed by atoms with Gasteiger partial charge in [0.05, 0.1) is 5.02 Å². The van der Waals surface area contributed by atoms with Crippen LogP contribution in [0.2, 0.25) is 10.0 Å². The van der Waals surface area contributed by atoms with Crippen molar-refractivity contribution >= 4 is 35.1 Å². The molecule has 136 valence electrons. The summed E-state index contributed by atoms with van der Waals surface area (Å²) in [5.74, 6) is 0.134. The largest absolute Gasteiger partial charge is 0.482 e. The molecule has 0 aliphatic carbocycles. The molecule has 0 radical (unpaired) electrons. The normalized spacial score (nSPS) is 11.0. The van der Waals surface area contributed by atoms with Gasteiger partial charge in [-0.15, -0.1) is 5.10 Å². The highest BCUT2D eigenvalue weighted by atomic mass is 35.5. The van der Waals surface area contributed by atoms with Gasteiger partial charge < -0.3 is 9.15 Å². The number of nitrogens with one attached hydrogen (secondary N) is 1. The molecule has 2 heterocycles. The molecule has 0 aliphatic rings. The van der Waals surface area contributed by atoms with Gasteiger partial charge in [-0.3, -0.25) is 14.8 Å². The van der Waals surface area contributed by atoms with E-state index in [-0.39, 0.29) is 24.6 Å². The van der Waals surface area contributed by atoms with Crippen LogP contribution in [0.5, 0.6) is 5.75 Å². The van der Waals surface area contributed by atoms with Crippen LogP contribution in [0.1, 0.15) is 19.9 Å². The van der Waals surface area contributed by atoms with E-state index in [1.165, 1.54) is 6.07 Å². The van der Waals surface area contributed by atoms with Crippen molar-refractivity contribution in [2.45, 2.75) is 19.9 Å². The summed E-state index contributed by atoms with van der Waals surface area (Å²) in [7, 11) is 0. The van der Waals surface area contributed by atoms with Crippen LogP contribution in [0.25, 0.3) is 11.6 Å². The number of aromatic nitrogens is 4. The molecular formula is C16H15Cl2N5O3. The van der Waals surface area contributed by atoms with Crippen LogP contribution < -0.4 is 10.1 Å². The fourth-order valence-corrected chi connectivity index (χ4v) is 2.63. The summed E-state index contributed by atoms with van der Waals surface area (Å²) in [6.45, 7) is 3.69. The van der Waals surface area contributed by atoms with Gasteiger partial charge in [-0.2, -0.15) is 5.10 Å².